The summed E-state index contributed by atoms with van der Waals surface area (Å²) < 4.78 is 23.9. The molecule has 6 nitrogen and oxygen atoms in total. The minimum atomic E-state index is -2.96. The number of hydrogen-bond donors (Lipinski definition) is 1. The number of aromatic carboxylic acids is 1. The first-order valence-electron chi connectivity index (χ1n) is 3.66. The summed E-state index contributed by atoms with van der Waals surface area (Å²) in [5.74, 6) is -2.33. The van der Waals surface area contributed by atoms with Gasteiger partial charge in [0.05, 0.1) is 11.1 Å². The van der Waals surface area contributed by atoms with Gasteiger partial charge in [0.1, 0.15) is 11.4 Å². The van der Waals surface area contributed by atoms with Crippen molar-refractivity contribution in [2.75, 3.05) is 0 Å². The van der Waals surface area contributed by atoms with E-state index in [4.69, 9.17) is 5.11 Å². The van der Waals surface area contributed by atoms with Crippen LogP contribution in [0.15, 0.2) is 24.3 Å². The monoisotopic (exact) mass is 277 g/mol. The van der Waals surface area contributed by atoms with E-state index in [1.54, 1.807) is 0 Å². The standard InChI is InChI=1S/C8H6O6S.2Na.2H/c9-7(10)5-2-1-3-6(4-5)8(11)14-15(12)13;;;;/h1-4H,(H,9,10)(H,12,13);;;;/q;2*+1;2*-1/p-1. The summed E-state index contributed by atoms with van der Waals surface area (Å²) in [4.78, 5) is 21.5. The molecule has 0 aliphatic heterocycles. The Morgan fingerprint density at radius 3 is 2.29 bits per heavy atom. The smallest absolute Gasteiger partial charge is 1.00 e. The maximum absolute atomic E-state index is 11.0. The Kier molecular flexibility index (Phi) is 10.6. The molecule has 1 unspecified atom stereocenters. The van der Waals surface area contributed by atoms with Gasteiger partial charge in [0.25, 0.3) is 0 Å². The van der Waals surface area contributed by atoms with E-state index in [9.17, 15) is 18.4 Å². The minimum Gasteiger partial charge on any atom is -1.00 e. The first-order chi connectivity index (χ1) is 7.00. The Morgan fingerprint density at radius 1 is 1.29 bits per heavy atom. The second-order valence-electron chi connectivity index (χ2n) is 2.46. The van der Waals surface area contributed by atoms with E-state index >= 15 is 0 Å². The molecule has 1 aromatic carbocycles. The number of rotatable bonds is 3. The Bertz CT molecular complexity index is 445. The average molecular weight is 277 g/mol. The van der Waals surface area contributed by atoms with Crippen LogP contribution in [0.2, 0.25) is 0 Å². The molecule has 0 heterocycles. The number of benzene rings is 1. The maximum atomic E-state index is 11.0. The van der Waals surface area contributed by atoms with Crippen molar-refractivity contribution in [3.05, 3.63) is 35.4 Å². The zero-order valence-corrected chi connectivity index (χ0v) is 14.0. The van der Waals surface area contributed by atoms with Crippen molar-refractivity contribution in [3.8, 4) is 0 Å². The van der Waals surface area contributed by atoms with Crippen LogP contribution in [0.4, 0.5) is 0 Å². The summed E-state index contributed by atoms with van der Waals surface area (Å²) in [5, 5.41) is 8.60. The van der Waals surface area contributed by atoms with Crippen LogP contribution in [-0.2, 0) is 15.5 Å². The van der Waals surface area contributed by atoms with E-state index in [-0.39, 0.29) is 73.1 Å². The van der Waals surface area contributed by atoms with E-state index in [1.165, 1.54) is 18.2 Å². The molecule has 0 radical (unpaired) electrons. The second kappa shape index (κ2) is 9.23. The van der Waals surface area contributed by atoms with E-state index in [0.717, 1.165) is 6.07 Å². The number of hydrogen-bond acceptors (Lipinski definition) is 5. The van der Waals surface area contributed by atoms with Crippen molar-refractivity contribution in [2.45, 2.75) is 0 Å². The fourth-order valence-electron chi connectivity index (χ4n) is 0.889. The van der Waals surface area contributed by atoms with Gasteiger partial charge in [-0.15, -0.1) is 0 Å². The van der Waals surface area contributed by atoms with Crippen molar-refractivity contribution >= 4 is 23.3 Å². The van der Waals surface area contributed by atoms with Crippen LogP contribution in [0, 0.1) is 0 Å². The van der Waals surface area contributed by atoms with Crippen LogP contribution in [0.1, 0.15) is 23.6 Å². The van der Waals surface area contributed by atoms with Crippen LogP contribution < -0.4 is 59.1 Å². The van der Waals surface area contributed by atoms with Gasteiger partial charge in [0, 0.05) is 0 Å². The van der Waals surface area contributed by atoms with Gasteiger partial charge in [-0.25, -0.2) is 13.8 Å². The molecule has 84 valence electrons. The topological polar surface area (TPSA) is 104 Å². The minimum absolute atomic E-state index is 0. The Morgan fingerprint density at radius 2 is 1.82 bits per heavy atom. The fourth-order valence-corrected chi connectivity index (χ4v) is 1.11. The zero-order valence-electron chi connectivity index (χ0n) is 11.2. The van der Waals surface area contributed by atoms with Crippen LogP contribution in [0.25, 0.3) is 0 Å². The predicted molar refractivity (Wildman–Crippen MR) is 50.0 cm³/mol. The summed E-state index contributed by atoms with van der Waals surface area (Å²) >= 11 is -2.96. The molecule has 0 aliphatic rings. The molecule has 1 aromatic rings. The molecule has 0 aliphatic carbocycles. The number of carboxylic acid groups (broad SMARTS) is 1. The summed E-state index contributed by atoms with van der Waals surface area (Å²) in [6, 6.07) is 4.86. The van der Waals surface area contributed by atoms with Gasteiger partial charge < -0.3 is 16.7 Å². The normalized spacial score (nSPS) is 10.4. The summed E-state index contributed by atoms with van der Waals surface area (Å²) in [5.41, 5.74) is -0.264. The quantitative estimate of drug-likeness (QED) is 0.437. The van der Waals surface area contributed by atoms with Gasteiger partial charge in [-0.1, -0.05) is 6.07 Å². The predicted octanol–water partition coefficient (Wildman–Crippen LogP) is -5.43. The first kappa shape index (κ1) is 19.6. The molecular weight excluding hydrogens is 270 g/mol. The SMILES string of the molecule is O=C(O)c1cccc(C(=O)OS(=O)[O-])c1.[H-].[H-].[Na+].[Na+]. The van der Waals surface area contributed by atoms with Crippen molar-refractivity contribution in [1.29, 1.82) is 0 Å². The van der Waals surface area contributed by atoms with Gasteiger partial charge in [-0.2, -0.15) is 0 Å². The molecule has 0 bridgehead atoms. The third-order valence-electron chi connectivity index (χ3n) is 1.49. The molecule has 0 saturated heterocycles. The van der Waals surface area contributed by atoms with Crippen LogP contribution in [-0.4, -0.2) is 25.8 Å². The van der Waals surface area contributed by atoms with Crippen LogP contribution in [0.3, 0.4) is 0 Å². The summed E-state index contributed by atoms with van der Waals surface area (Å²) in [7, 11) is 0. The molecule has 0 saturated carbocycles. The third kappa shape index (κ3) is 6.68. The molecule has 1 rings (SSSR count). The molecule has 0 amide bonds. The first-order valence-corrected chi connectivity index (χ1v) is 4.66. The Balaban J connectivity index is -0.000000281. The molecule has 0 aromatic heterocycles. The number of carboxylic acids is 1. The summed E-state index contributed by atoms with van der Waals surface area (Å²) in [6.07, 6.45) is 0. The Hall–Kier alpha value is 0.270. The van der Waals surface area contributed by atoms with E-state index in [0.29, 0.717) is 0 Å². The van der Waals surface area contributed by atoms with E-state index in [2.05, 4.69) is 4.18 Å². The van der Waals surface area contributed by atoms with Gasteiger partial charge >= 0.3 is 71.1 Å². The van der Waals surface area contributed by atoms with Gasteiger partial charge in [0.15, 0.2) is 0 Å². The number of carbonyl (C=O) groups excluding carboxylic acids is 1. The fraction of sp³-hybridized carbons (Fsp3) is 0. The average Bonchev–Trinajstić information content (AvgIpc) is 2.17. The van der Waals surface area contributed by atoms with Gasteiger partial charge in [0.2, 0.25) is 0 Å². The molecule has 17 heavy (non-hydrogen) atoms. The van der Waals surface area contributed by atoms with Crippen molar-refractivity contribution < 1.29 is 89.6 Å². The van der Waals surface area contributed by atoms with Crippen molar-refractivity contribution in [2.24, 2.45) is 0 Å². The van der Waals surface area contributed by atoms with Gasteiger partial charge in [-0.3, -0.25) is 0 Å². The molecule has 0 spiro atoms. The van der Waals surface area contributed by atoms with E-state index in [1.807, 2.05) is 0 Å². The third-order valence-corrected chi connectivity index (χ3v) is 1.78. The number of carbonyl (C=O) groups is 2. The zero-order chi connectivity index (χ0) is 11.4. The van der Waals surface area contributed by atoms with Crippen molar-refractivity contribution in [1.82, 2.24) is 0 Å². The largest absolute Gasteiger partial charge is 1.00 e. The molecule has 9 heteroatoms. The van der Waals surface area contributed by atoms with Gasteiger partial charge in [-0.05, 0) is 18.2 Å². The van der Waals surface area contributed by atoms with E-state index < -0.39 is 23.3 Å². The van der Waals surface area contributed by atoms with Crippen molar-refractivity contribution in [3.63, 3.8) is 0 Å². The maximum Gasteiger partial charge on any atom is 1.00 e. The molecule has 0 fully saturated rings. The molecular formula is C8H7Na2O6S-. The molecule has 1 atom stereocenters. The summed E-state index contributed by atoms with van der Waals surface area (Å²) in [6.45, 7) is 0. The molecule has 1 N–H and O–H groups in total. The Labute approximate surface area is 147 Å². The van der Waals surface area contributed by atoms with Crippen LogP contribution in [0.5, 0.6) is 0 Å². The van der Waals surface area contributed by atoms with Crippen LogP contribution >= 0.6 is 0 Å². The second-order valence-corrected chi connectivity index (χ2v) is 3.04.